The molecule has 2 aromatic rings. The van der Waals surface area contributed by atoms with E-state index >= 15 is 0 Å². The van der Waals surface area contributed by atoms with E-state index in [0.717, 1.165) is 24.2 Å². The molecule has 2 aliphatic rings. The molecule has 0 saturated carbocycles. The number of ether oxygens (including phenoxy) is 1. The highest BCUT2D eigenvalue weighted by Crippen LogP contribution is 2.43. The van der Waals surface area contributed by atoms with Crippen molar-refractivity contribution in [1.29, 1.82) is 0 Å². The first-order valence-corrected chi connectivity index (χ1v) is 13.1. The zero-order valence-electron chi connectivity index (χ0n) is 20.6. The summed E-state index contributed by atoms with van der Waals surface area (Å²) in [4.78, 5) is 8.76. The van der Waals surface area contributed by atoms with Gasteiger partial charge in [-0.3, -0.25) is 0 Å². The molecule has 4 heterocycles. The van der Waals surface area contributed by atoms with Crippen LogP contribution >= 0.6 is 8.03 Å². The summed E-state index contributed by atoms with van der Waals surface area (Å²) in [6.45, 7) is 9.71. The van der Waals surface area contributed by atoms with Gasteiger partial charge in [-0.2, -0.15) is 4.98 Å². The van der Waals surface area contributed by atoms with E-state index in [-0.39, 0.29) is 5.66 Å². The molecule has 4 unspecified atom stereocenters. The van der Waals surface area contributed by atoms with Crippen LogP contribution in [-0.4, -0.2) is 67.2 Å². The highest BCUT2D eigenvalue weighted by molar-refractivity contribution is 7.40. The van der Waals surface area contributed by atoms with Gasteiger partial charge >= 0.3 is 13.7 Å². The number of aromatic nitrogens is 4. The topological polar surface area (TPSA) is 126 Å². The van der Waals surface area contributed by atoms with Gasteiger partial charge < -0.3 is 14.9 Å². The molecule has 0 aromatic carbocycles. The lowest BCUT2D eigenvalue weighted by Crippen LogP contribution is -2.46. The molecule has 0 amide bonds. The second kappa shape index (κ2) is 9.54. The lowest BCUT2D eigenvalue weighted by Gasteiger charge is -2.27. The SMILES string of the molecule is CCC(CC)[P+](=O)OC(C)(CC)C[C@H]1OC([n+]2cn3c4c(ncnc42)N(C)N=C3C)[C@H](O)C1O. The summed E-state index contributed by atoms with van der Waals surface area (Å²) >= 11 is 0. The number of aliphatic hydroxyl groups excluding tert-OH is 2. The number of hydrazone groups is 1. The van der Waals surface area contributed by atoms with E-state index in [1.807, 2.05) is 46.2 Å². The van der Waals surface area contributed by atoms with E-state index in [1.54, 1.807) is 15.9 Å². The Balaban J connectivity index is 1.60. The predicted octanol–water partition coefficient (Wildman–Crippen LogP) is 2.48. The van der Waals surface area contributed by atoms with Crippen molar-refractivity contribution in [2.24, 2.45) is 5.10 Å². The minimum Gasteiger partial charge on any atom is -0.387 e. The van der Waals surface area contributed by atoms with Crippen LogP contribution in [0.5, 0.6) is 0 Å². The van der Waals surface area contributed by atoms with Crippen molar-refractivity contribution >= 4 is 30.8 Å². The maximum absolute atomic E-state index is 12.8. The average Bonchev–Trinajstić information content (AvgIpc) is 3.32. The molecular weight excluding hydrogens is 459 g/mol. The van der Waals surface area contributed by atoms with Gasteiger partial charge in [0.1, 0.15) is 17.8 Å². The third-order valence-electron chi connectivity index (χ3n) is 7.00. The molecular formula is C22H35N6O5P+2. The summed E-state index contributed by atoms with van der Waals surface area (Å²) in [7, 11) is -0.0496. The van der Waals surface area contributed by atoms with Crippen molar-refractivity contribution in [3.63, 3.8) is 0 Å². The monoisotopic (exact) mass is 494 g/mol. The summed E-state index contributed by atoms with van der Waals surface area (Å²) < 4.78 is 28.6. The van der Waals surface area contributed by atoms with Crippen molar-refractivity contribution in [2.75, 3.05) is 12.1 Å². The van der Waals surface area contributed by atoms with Crippen molar-refractivity contribution in [3.8, 4) is 0 Å². The lowest BCUT2D eigenvalue weighted by molar-refractivity contribution is -0.745. The number of hydrogen-bond donors (Lipinski definition) is 2. The molecule has 1 fully saturated rings. The Bertz CT molecular complexity index is 1100. The van der Waals surface area contributed by atoms with Crippen LogP contribution < -0.4 is 9.58 Å². The fraction of sp³-hybridized carbons (Fsp3) is 0.727. The molecule has 12 heteroatoms. The van der Waals surface area contributed by atoms with Gasteiger partial charge in [0.05, 0.1) is 6.10 Å². The largest absolute Gasteiger partial charge is 0.511 e. The van der Waals surface area contributed by atoms with Gasteiger partial charge in [0.2, 0.25) is 11.7 Å². The highest BCUT2D eigenvalue weighted by Gasteiger charge is 2.51. The summed E-state index contributed by atoms with van der Waals surface area (Å²) in [5, 5.41) is 28.0. The van der Waals surface area contributed by atoms with Gasteiger partial charge in [-0.25, -0.2) is 14.1 Å². The molecule has 6 atom stereocenters. The van der Waals surface area contributed by atoms with Crippen molar-refractivity contribution in [1.82, 2.24) is 14.5 Å². The second-order valence-corrected chi connectivity index (χ2v) is 10.8. The van der Waals surface area contributed by atoms with Gasteiger partial charge in [-0.15, -0.1) is 9.63 Å². The molecule has 2 aromatic heterocycles. The van der Waals surface area contributed by atoms with E-state index < -0.39 is 38.2 Å². The Morgan fingerprint density at radius 1 is 1.26 bits per heavy atom. The molecule has 2 N–H and O–H groups in total. The second-order valence-electron chi connectivity index (χ2n) is 9.33. The van der Waals surface area contributed by atoms with Crippen LogP contribution in [0.3, 0.4) is 0 Å². The highest BCUT2D eigenvalue weighted by atomic mass is 31.1. The summed E-state index contributed by atoms with van der Waals surface area (Å²) in [6, 6.07) is 0. The third-order valence-corrected chi connectivity index (χ3v) is 8.95. The van der Waals surface area contributed by atoms with Crippen molar-refractivity contribution < 1.29 is 28.6 Å². The van der Waals surface area contributed by atoms with Gasteiger partial charge in [-0.05, 0) is 30.8 Å². The van der Waals surface area contributed by atoms with Crippen LogP contribution in [0.25, 0.3) is 11.2 Å². The molecule has 0 spiro atoms. The molecule has 34 heavy (non-hydrogen) atoms. The first-order chi connectivity index (χ1) is 16.1. The molecule has 0 radical (unpaired) electrons. The molecule has 186 valence electrons. The number of anilines is 1. The number of hydrogen-bond acceptors (Lipinski definition) is 9. The minimum atomic E-state index is -1.86. The number of aliphatic hydroxyl groups is 2. The zero-order valence-corrected chi connectivity index (χ0v) is 21.5. The van der Waals surface area contributed by atoms with E-state index in [9.17, 15) is 14.8 Å². The fourth-order valence-electron chi connectivity index (χ4n) is 4.66. The Morgan fingerprint density at radius 3 is 2.62 bits per heavy atom. The van der Waals surface area contributed by atoms with Crippen LogP contribution in [0.1, 0.15) is 66.5 Å². The summed E-state index contributed by atoms with van der Waals surface area (Å²) in [5.74, 6) is 1.35. The van der Waals surface area contributed by atoms with E-state index in [2.05, 4.69) is 15.1 Å². The number of rotatable bonds is 9. The molecule has 0 bridgehead atoms. The Kier molecular flexibility index (Phi) is 7.04. The minimum absolute atomic E-state index is 0.0123. The first kappa shape index (κ1) is 25.1. The molecule has 1 saturated heterocycles. The predicted molar refractivity (Wildman–Crippen MR) is 127 cm³/mol. The molecule has 0 aliphatic carbocycles. The number of nitrogens with zero attached hydrogens (tertiary/aromatic N) is 6. The van der Waals surface area contributed by atoms with Crippen molar-refractivity contribution in [2.45, 2.75) is 96.1 Å². The van der Waals surface area contributed by atoms with Crippen molar-refractivity contribution in [3.05, 3.63) is 12.7 Å². The summed E-state index contributed by atoms with van der Waals surface area (Å²) in [5.41, 5.74) is 0.533. The Morgan fingerprint density at radius 2 is 1.97 bits per heavy atom. The van der Waals surface area contributed by atoms with Gasteiger partial charge in [0.25, 0.3) is 0 Å². The molecule has 4 rings (SSSR count). The van der Waals surface area contributed by atoms with Crippen LogP contribution in [0.15, 0.2) is 17.8 Å². The zero-order chi connectivity index (χ0) is 24.8. The van der Waals surface area contributed by atoms with Crippen LogP contribution in [0, 0.1) is 0 Å². The van der Waals surface area contributed by atoms with Crippen LogP contribution in [0.2, 0.25) is 0 Å². The number of imidazole rings is 1. The normalized spacial score (nSPS) is 26.8. The quantitative estimate of drug-likeness (QED) is 0.402. The lowest BCUT2D eigenvalue weighted by atomic mass is 9.93. The van der Waals surface area contributed by atoms with Gasteiger partial charge in [-0.1, -0.05) is 25.8 Å². The van der Waals surface area contributed by atoms with E-state index in [0.29, 0.717) is 24.3 Å². The van der Waals surface area contributed by atoms with Gasteiger partial charge in [0, 0.05) is 20.4 Å². The Hall–Kier alpha value is -2.04. The molecule has 2 aliphatic heterocycles. The fourth-order valence-corrected chi connectivity index (χ4v) is 6.04. The van der Waals surface area contributed by atoms with E-state index in [4.69, 9.17) is 9.26 Å². The standard InChI is InChI=1S/C22H35N6O5P/c1-7-14(8-2)34(31)33-22(5,9-3)10-15-17(29)18(30)21(32-15)28-12-27-13(4)25-26(6)19-16(27)20(28)24-11-23-19/h11-12,14-15,17-18,21,29-30H,7-10H2,1-6H3/q+2/t15-,17?,18-,21?,22?/m1/s1. The molecule has 11 nitrogen and oxygen atoms in total. The maximum atomic E-state index is 12.8. The van der Waals surface area contributed by atoms with Gasteiger partial charge in [0.15, 0.2) is 30.0 Å². The third kappa shape index (κ3) is 4.24. The van der Waals surface area contributed by atoms with Crippen LogP contribution in [-0.2, 0) is 13.8 Å². The van der Waals surface area contributed by atoms with E-state index in [1.165, 1.54) is 6.33 Å². The Labute approximate surface area is 200 Å². The smallest absolute Gasteiger partial charge is 0.387 e. The summed E-state index contributed by atoms with van der Waals surface area (Å²) in [6.07, 6.45) is 1.75. The first-order valence-electron chi connectivity index (χ1n) is 11.9. The average molecular weight is 495 g/mol. The maximum Gasteiger partial charge on any atom is 0.511 e. The van der Waals surface area contributed by atoms with Crippen LogP contribution in [0.4, 0.5) is 5.82 Å².